The summed E-state index contributed by atoms with van der Waals surface area (Å²) in [4.78, 5) is 10.9. The zero-order valence-corrected chi connectivity index (χ0v) is 11.1. The van der Waals surface area contributed by atoms with Gasteiger partial charge in [-0.2, -0.15) is 0 Å². The van der Waals surface area contributed by atoms with Crippen molar-refractivity contribution in [3.63, 3.8) is 0 Å². The third-order valence-electron chi connectivity index (χ3n) is 3.89. The minimum atomic E-state index is -0.689. The van der Waals surface area contributed by atoms with Crippen LogP contribution in [0.4, 0.5) is 0 Å². The first-order valence-electron chi connectivity index (χ1n) is 6.49. The average molecular weight is 252 g/mol. The van der Waals surface area contributed by atoms with E-state index in [9.17, 15) is 4.79 Å². The Morgan fingerprint density at radius 2 is 2.00 bits per heavy atom. The molecular formula is C13H20N2O3. The largest absolute Gasteiger partial charge is 0.481 e. The first-order chi connectivity index (χ1) is 8.42. The summed E-state index contributed by atoms with van der Waals surface area (Å²) in [6.45, 7) is 6.12. The van der Waals surface area contributed by atoms with E-state index in [2.05, 4.69) is 17.1 Å². The quantitative estimate of drug-likeness (QED) is 0.895. The van der Waals surface area contributed by atoms with E-state index >= 15 is 0 Å². The molecule has 1 N–H and O–H groups in total. The summed E-state index contributed by atoms with van der Waals surface area (Å²) in [5.74, 6) is 0.642. The first kappa shape index (κ1) is 13.1. The van der Waals surface area contributed by atoms with Gasteiger partial charge in [-0.1, -0.05) is 20.8 Å². The molecule has 1 aliphatic carbocycles. The van der Waals surface area contributed by atoms with E-state index in [-0.39, 0.29) is 17.3 Å². The first-order valence-corrected chi connectivity index (χ1v) is 6.49. The molecule has 0 radical (unpaired) electrons. The van der Waals surface area contributed by atoms with Crippen LogP contribution in [-0.4, -0.2) is 21.3 Å². The van der Waals surface area contributed by atoms with E-state index in [0.717, 1.165) is 12.8 Å². The fraction of sp³-hybridized carbons (Fsp3) is 0.769. The predicted molar refractivity (Wildman–Crippen MR) is 65.3 cm³/mol. The summed E-state index contributed by atoms with van der Waals surface area (Å²) in [5, 5.41) is 17.2. The van der Waals surface area contributed by atoms with Crippen LogP contribution in [0.25, 0.3) is 0 Å². The number of nitrogens with zero attached hydrogens (tertiary/aromatic N) is 2. The van der Waals surface area contributed by atoms with E-state index in [4.69, 9.17) is 9.52 Å². The van der Waals surface area contributed by atoms with Crippen molar-refractivity contribution in [2.24, 2.45) is 5.92 Å². The SMILES string of the molecule is CC(C)c1nnc(C2(C)CCC(C(=O)O)CC2)o1. The molecule has 18 heavy (non-hydrogen) atoms. The Kier molecular flexibility index (Phi) is 3.41. The van der Waals surface area contributed by atoms with Crippen LogP contribution in [0.1, 0.15) is 64.2 Å². The predicted octanol–water partition coefficient (Wildman–Crippen LogP) is 2.73. The third kappa shape index (κ3) is 2.40. The highest BCUT2D eigenvalue weighted by atomic mass is 16.4. The molecule has 0 bridgehead atoms. The van der Waals surface area contributed by atoms with E-state index in [0.29, 0.717) is 24.6 Å². The monoisotopic (exact) mass is 252 g/mol. The topological polar surface area (TPSA) is 76.2 Å². The van der Waals surface area contributed by atoms with Crippen molar-refractivity contribution in [3.8, 4) is 0 Å². The highest BCUT2D eigenvalue weighted by Crippen LogP contribution is 2.41. The zero-order valence-electron chi connectivity index (χ0n) is 11.1. The van der Waals surface area contributed by atoms with Crippen LogP contribution in [0.15, 0.2) is 4.42 Å². The molecule has 0 saturated heterocycles. The molecule has 0 aromatic carbocycles. The van der Waals surface area contributed by atoms with Gasteiger partial charge in [-0.3, -0.25) is 4.79 Å². The number of carboxylic acids is 1. The second-order valence-electron chi connectivity index (χ2n) is 5.77. The second kappa shape index (κ2) is 4.71. The van der Waals surface area contributed by atoms with E-state index < -0.39 is 5.97 Å². The van der Waals surface area contributed by atoms with E-state index in [1.807, 2.05) is 13.8 Å². The molecule has 5 nitrogen and oxygen atoms in total. The fourth-order valence-corrected chi connectivity index (χ4v) is 2.43. The van der Waals surface area contributed by atoms with Gasteiger partial charge in [-0.15, -0.1) is 10.2 Å². The van der Waals surface area contributed by atoms with Gasteiger partial charge in [0, 0.05) is 11.3 Å². The maximum Gasteiger partial charge on any atom is 0.306 e. The lowest BCUT2D eigenvalue weighted by Gasteiger charge is -2.32. The number of aromatic nitrogens is 2. The molecule has 5 heteroatoms. The molecule has 0 spiro atoms. The molecule has 0 unspecified atom stereocenters. The molecule has 2 rings (SSSR count). The van der Waals surface area contributed by atoms with Crippen LogP contribution in [0.3, 0.4) is 0 Å². The molecule has 1 heterocycles. The Labute approximate surface area is 107 Å². The second-order valence-corrected chi connectivity index (χ2v) is 5.77. The van der Waals surface area contributed by atoms with Gasteiger partial charge in [0.05, 0.1) is 5.92 Å². The molecular weight excluding hydrogens is 232 g/mol. The lowest BCUT2D eigenvalue weighted by molar-refractivity contribution is -0.143. The highest BCUT2D eigenvalue weighted by Gasteiger charge is 2.39. The lowest BCUT2D eigenvalue weighted by atomic mass is 9.71. The smallest absolute Gasteiger partial charge is 0.306 e. The van der Waals surface area contributed by atoms with Crippen molar-refractivity contribution in [1.82, 2.24) is 10.2 Å². The maximum absolute atomic E-state index is 10.9. The standard InChI is InChI=1S/C13H20N2O3/c1-8(2)10-14-15-12(18-10)13(3)6-4-9(5-7-13)11(16)17/h8-9H,4-7H2,1-3H3,(H,16,17). The van der Waals surface area contributed by atoms with Gasteiger partial charge in [0.15, 0.2) is 0 Å². The maximum atomic E-state index is 10.9. The van der Waals surface area contributed by atoms with Crippen molar-refractivity contribution in [2.75, 3.05) is 0 Å². The fourth-order valence-electron chi connectivity index (χ4n) is 2.43. The van der Waals surface area contributed by atoms with E-state index in [1.165, 1.54) is 0 Å². The summed E-state index contributed by atoms with van der Waals surface area (Å²) in [6.07, 6.45) is 2.96. The molecule has 1 aromatic heterocycles. The molecule has 1 saturated carbocycles. The van der Waals surface area contributed by atoms with Crippen molar-refractivity contribution in [2.45, 2.75) is 57.8 Å². The number of carboxylic acid groups (broad SMARTS) is 1. The minimum absolute atomic E-state index is 0.161. The van der Waals surface area contributed by atoms with Gasteiger partial charge < -0.3 is 9.52 Å². The summed E-state index contributed by atoms with van der Waals surface area (Å²) >= 11 is 0. The Morgan fingerprint density at radius 3 is 2.44 bits per heavy atom. The lowest BCUT2D eigenvalue weighted by Crippen LogP contribution is -2.31. The molecule has 1 aromatic rings. The Morgan fingerprint density at radius 1 is 1.39 bits per heavy atom. The number of rotatable bonds is 3. The van der Waals surface area contributed by atoms with Crippen molar-refractivity contribution in [3.05, 3.63) is 11.8 Å². The molecule has 1 fully saturated rings. The normalized spacial score (nSPS) is 28.6. The number of carbonyl (C=O) groups is 1. The van der Waals surface area contributed by atoms with Crippen LogP contribution >= 0.6 is 0 Å². The van der Waals surface area contributed by atoms with Gasteiger partial charge in [0.1, 0.15) is 0 Å². The Hall–Kier alpha value is -1.39. The summed E-state index contributed by atoms with van der Waals surface area (Å²) < 4.78 is 5.71. The number of hydrogen-bond acceptors (Lipinski definition) is 4. The van der Waals surface area contributed by atoms with E-state index in [1.54, 1.807) is 0 Å². The van der Waals surface area contributed by atoms with Gasteiger partial charge in [0.2, 0.25) is 11.8 Å². The Balaban J connectivity index is 2.10. The highest BCUT2D eigenvalue weighted by molar-refractivity contribution is 5.70. The van der Waals surface area contributed by atoms with Crippen LogP contribution in [-0.2, 0) is 10.2 Å². The summed E-state index contributed by atoms with van der Waals surface area (Å²) in [6, 6.07) is 0. The number of aliphatic carboxylic acids is 1. The molecule has 1 aliphatic rings. The van der Waals surface area contributed by atoms with Gasteiger partial charge in [-0.05, 0) is 25.7 Å². The van der Waals surface area contributed by atoms with Crippen LogP contribution < -0.4 is 0 Å². The van der Waals surface area contributed by atoms with Crippen LogP contribution in [0.5, 0.6) is 0 Å². The summed E-state index contributed by atoms with van der Waals surface area (Å²) in [7, 11) is 0. The Bertz CT molecular complexity index is 431. The van der Waals surface area contributed by atoms with Crippen LogP contribution in [0, 0.1) is 5.92 Å². The minimum Gasteiger partial charge on any atom is -0.481 e. The van der Waals surface area contributed by atoms with Gasteiger partial charge in [-0.25, -0.2) is 0 Å². The third-order valence-corrected chi connectivity index (χ3v) is 3.89. The van der Waals surface area contributed by atoms with Crippen molar-refractivity contribution >= 4 is 5.97 Å². The molecule has 0 amide bonds. The van der Waals surface area contributed by atoms with Crippen molar-refractivity contribution < 1.29 is 14.3 Å². The molecule has 0 aliphatic heterocycles. The van der Waals surface area contributed by atoms with Gasteiger partial charge in [0.25, 0.3) is 0 Å². The van der Waals surface area contributed by atoms with Gasteiger partial charge >= 0.3 is 5.97 Å². The molecule has 0 atom stereocenters. The zero-order chi connectivity index (χ0) is 13.3. The molecule has 100 valence electrons. The van der Waals surface area contributed by atoms with Crippen molar-refractivity contribution in [1.29, 1.82) is 0 Å². The average Bonchev–Trinajstić information content (AvgIpc) is 2.79. The summed E-state index contributed by atoms with van der Waals surface area (Å²) in [5.41, 5.74) is -0.161. The van der Waals surface area contributed by atoms with Crippen LogP contribution in [0.2, 0.25) is 0 Å². The number of hydrogen-bond donors (Lipinski definition) is 1.